The van der Waals surface area contributed by atoms with Crippen LogP contribution in [0.3, 0.4) is 0 Å². The van der Waals surface area contributed by atoms with Crippen molar-refractivity contribution in [3.63, 3.8) is 0 Å². The van der Waals surface area contributed by atoms with Crippen LogP contribution in [0.2, 0.25) is 0 Å². The highest BCUT2D eigenvalue weighted by molar-refractivity contribution is 5.85. The molecule has 1 atom stereocenters. The van der Waals surface area contributed by atoms with Gasteiger partial charge in [0.1, 0.15) is 0 Å². The third-order valence-corrected chi connectivity index (χ3v) is 3.44. The minimum absolute atomic E-state index is 0.0984. The van der Waals surface area contributed by atoms with Gasteiger partial charge in [0.15, 0.2) is 0 Å². The summed E-state index contributed by atoms with van der Waals surface area (Å²) in [6.07, 6.45) is 12.4. The van der Waals surface area contributed by atoms with Crippen LogP contribution >= 0.6 is 0 Å². The Morgan fingerprint density at radius 3 is 2.26 bits per heavy atom. The van der Waals surface area contributed by atoms with Gasteiger partial charge in [0.05, 0.1) is 0 Å². The smallest absolute Gasteiger partial charge is 0.0290 e. The molecule has 1 nitrogen and oxygen atoms in total. The first-order chi connectivity index (χ1) is 9.19. The summed E-state index contributed by atoms with van der Waals surface area (Å²) >= 11 is 0. The summed E-state index contributed by atoms with van der Waals surface area (Å²) in [6.45, 7) is 6.08. The average Bonchev–Trinajstić information content (AvgIpc) is 2.61. The van der Waals surface area contributed by atoms with E-state index >= 15 is 0 Å². The van der Waals surface area contributed by atoms with Crippen LogP contribution in [-0.2, 0) is 5.41 Å². The summed E-state index contributed by atoms with van der Waals surface area (Å²) in [4.78, 5) is 4.10. The molecule has 0 spiro atoms. The Bertz CT molecular complexity index is 573. The zero-order chi connectivity index (χ0) is 13.7. The molecule has 0 aromatic heterocycles. The molecule has 1 unspecified atom stereocenters. The molecule has 1 aliphatic rings. The van der Waals surface area contributed by atoms with Gasteiger partial charge in [-0.25, -0.2) is 0 Å². The van der Waals surface area contributed by atoms with Crippen molar-refractivity contribution in [3.8, 4) is 0 Å². The number of rotatable bonds is 3. The number of hydrogen-bond donors (Lipinski definition) is 0. The van der Waals surface area contributed by atoms with Crippen LogP contribution in [0.15, 0.2) is 83.4 Å². The molecule has 96 valence electrons. The van der Waals surface area contributed by atoms with Gasteiger partial charge in [-0.1, -0.05) is 67.3 Å². The molecule has 0 heterocycles. The number of benzene rings is 1. The molecule has 1 aliphatic carbocycles. The molecular formula is C18H19N. The lowest BCUT2D eigenvalue weighted by Crippen LogP contribution is -2.14. The Labute approximate surface area is 115 Å². The maximum atomic E-state index is 4.10. The highest BCUT2D eigenvalue weighted by Crippen LogP contribution is 2.30. The van der Waals surface area contributed by atoms with Crippen LogP contribution in [0.4, 0.5) is 0 Å². The second kappa shape index (κ2) is 5.66. The summed E-state index contributed by atoms with van der Waals surface area (Å²) in [5, 5.41) is 0. The Balaban J connectivity index is 2.46. The van der Waals surface area contributed by atoms with Crippen molar-refractivity contribution in [2.24, 2.45) is 4.99 Å². The lowest BCUT2D eigenvalue weighted by molar-refractivity contribution is 0.758. The van der Waals surface area contributed by atoms with Gasteiger partial charge in [-0.15, -0.1) is 0 Å². The first-order valence-corrected chi connectivity index (χ1v) is 6.42. The Hall–Kier alpha value is -2.15. The normalized spacial score (nSPS) is 22.8. The van der Waals surface area contributed by atoms with Crippen LogP contribution in [0.5, 0.6) is 0 Å². The van der Waals surface area contributed by atoms with Gasteiger partial charge in [0, 0.05) is 18.7 Å². The topological polar surface area (TPSA) is 12.4 Å². The molecule has 0 aliphatic heterocycles. The molecule has 0 amide bonds. The molecule has 2 rings (SSSR count). The van der Waals surface area contributed by atoms with E-state index < -0.39 is 0 Å². The lowest BCUT2D eigenvalue weighted by Gasteiger charge is -2.22. The van der Waals surface area contributed by atoms with Crippen molar-refractivity contribution in [1.29, 1.82) is 0 Å². The van der Waals surface area contributed by atoms with Crippen molar-refractivity contribution in [3.05, 3.63) is 84.0 Å². The van der Waals surface area contributed by atoms with Crippen LogP contribution in [0, 0.1) is 0 Å². The molecule has 19 heavy (non-hydrogen) atoms. The molecule has 1 aromatic rings. The average molecular weight is 249 g/mol. The van der Waals surface area contributed by atoms with E-state index in [0.29, 0.717) is 0 Å². The number of allylic oxidation sites excluding steroid dienone is 7. The molecule has 0 bridgehead atoms. The summed E-state index contributed by atoms with van der Waals surface area (Å²) in [5.74, 6) is 0. The van der Waals surface area contributed by atoms with E-state index in [1.54, 1.807) is 7.05 Å². The summed E-state index contributed by atoms with van der Waals surface area (Å²) in [7, 11) is 1.78. The fourth-order valence-electron chi connectivity index (χ4n) is 2.21. The maximum Gasteiger partial charge on any atom is 0.0290 e. The maximum absolute atomic E-state index is 4.10. The largest absolute Gasteiger partial charge is 0.296 e. The Morgan fingerprint density at radius 1 is 1.05 bits per heavy atom. The van der Waals surface area contributed by atoms with Crippen LogP contribution < -0.4 is 0 Å². The van der Waals surface area contributed by atoms with E-state index in [2.05, 4.69) is 67.1 Å². The van der Waals surface area contributed by atoms with Gasteiger partial charge in [0.25, 0.3) is 0 Å². The van der Waals surface area contributed by atoms with Gasteiger partial charge < -0.3 is 0 Å². The third-order valence-electron chi connectivity index (χ3n) is 3.44. The molecule has 0 fully saturated rings. The molecule has 0 radical (unpaired) electrons. The summed E-state index contributed by atoms with van der Waals surface area (Å²) in [6, 6.07) is 10.5. The van der Waals surface area contributed by atoms with E-state index in [9.17, 15) is 0 Å². The quantitative estimate of drug-likeness (QED) is 0.710. The first-order valence-electron chi connectivity index (χ1n) is 6.42. The second-order valence-electron chi connectivity index (χ2n) is 4.82. The first kappa shape index (κ1) is 13.3. The zero-order valence-electron chi connectivity index (χ0n) is 11.5. The predicted molar refractivity (Wildman–Crippen MR) is 83.7 cm³/mol. The fraction of sp³-hybridized carbons (Fsp3) is 0.167. The molecule has 1 heteroatoms. The van der Waals surface area contributed by atoms with Gasteiger partial charge in [-0.2, -0.15) is 0 Å². The lowest BCUT2D eigenvalue weighted by atomic mass is 9.82. The molecule has 1 aromatic carbocycles. The van der Waals surface area contributed by atoms with E-state index in [1.165, 1.54) is 5.56 Å². The van der Waals surface area contributed by atoms with E-state index in [4.69, 9.17) is 0 Å². The molecule has 0 N–H and O–H groups in total. The highest BCUT2D eigenvalue weighted by atomic mass is 14.6. The van der Waals surface area contributed by atoms with E-state index in [-0.39, 0.29) is 5.41 Å². The number of nitrogens with zero attached hydrogens (tertiary/aromatic N) is 1. The zero-order valence-corrected chi connectivity index (χ0v) is 11.5. The van der Waals surface area contributed by atoms with Crippen LogP contribution in [-0.4, -0.2) is 13.3 Å². The SMILES string of the molecule is C=CC1=C(/C=N/C)C=CC(C)(c2ccccc2)C=C1. The van der Waals surface area contributed by atoms with Gasteiger partial charge >= 0.3 is 0 Å². The van der Waals surface area contributed by atoms with Crippen molar-refractivity contribution in [2.45, 2.75) is 12.3 Å². The van der Waals surface area contributed by atoms with Gasteiger partial charge in [-0.05, 0) is 23.6 Å². The Morgan fingerprint density at radius 2 is 1.68 bits per heavy atom. The molecular weight excluding hydrogens is 230 g/mol. The predicted octanol–water partition coefficient (Wildman–Crippen LogP) is 4.25. The van der Waals surface area contributed by atoms with Crippen molar-refractivity contribution >= 4 is 6.21 Å². The van der Waals surface area contributed by atoms with Crippen molar-refractivity contribution < 1.29 is 0 Å². The number of hydrogen-bond acceptors (Lipinski definition) is 1. The van der Waals surface area contributed by atoms with Crippen molar-refractivity contribution in [1.82, 2.24) is 0 Å². The van der Waals surface area contributed by atoms with Crippen molar-refractivity contribution in [2.75, 3.05) is 7.05 Å². The second-order valence-corrected chi connectivity index (χ2v) is 4.82. The minimum Gasteiger partial charge on any atom is -0.296 e. The van der Waals surface area contributed by atoms with E-state index in [0.717, 1.165) is 11.1 Å². The highest BCUT2D eigenvalue weighted by Gasteiger charge is 2.21. The monoisotopic (exact) mass is 249 g/mol. The molecule has 0 saturated heterocycles. The standard InChI is InChI=1S/C18H19N/c1-4-15-10-12-18(2,13-11-16(15)14-19-3)17-8-6-5-7-9-17/h4-14H,1H2,2-3H3/b19-14+. The minimum atomic E-state index is -0.0984. The summed E-state index contributed by atoms with van der Waals surface area (Å²) < 4.78 is 0. The van der Waals surface area contributed by atoms with Crippen LogP contribution in [0.25, 0.3) is 0 Å². The van der Waals surface area contributed by atoms with Gasteiger partial charge in [-0.3, -0.25) is 4.99 Å². The number of aliphatic imine (C=N–C) groups is 1. The third kappa shape index (κ3) is 2.82. The van der Waals surface area contributed by atoms with Crippen LogP contribution in [0.1, 0.15) is 12.5 Å². The summed E-state index contributed by atoms with van der Waals surface area (Å²) in [5.41, 5.74) is 3.37. The van der Waals surface area contributed by atoms with Gasteiger partial charge in [0.2, 0.25) is 0 Å². The Kier molecular flexibility index (Phi) is 3.96. The van der Waals surface area contributed by atoms with E-state index in [1.807, 2.05) is 18.4 Å². The molecule has 0 saturated carbocycles. The fourth-order valence-corrected chi connectivity index (χ4v) is 2.21.